The highest BCUT2D eigenvalue weighted by molar-refractivity contribution is 9.10. The minimum absolute atomic E-state index is 0.0737. The van der Waals surface area contributed by atoms with Crippen LogP contribution in [0.4, 0.5) is 0 Å². The van der Waals surface area contributed by atoms with Crippen LogP contribution >= 0.6 is 27.5 Å². The molecule has 0 aromatic heterocycles. The highest BCUT2D eigenvalue weighted by atomic mass is 79.9. The highest BCUT2D eigenvalue weighted by Crippen LogP contribution is 2.37. The molecule has 0 N–H and O–H groups in total. The first-order valence-corrected chi connectivity index (χ1v) is 8.10. The molecule has 2 rings (SSSR count). The van der Waals surface area contributed by atoms with Crippen LogP contribution in [0.15, 0.2) is 18.2 Å². The summed E-state index contributed by atoms with van der Waals surface area (Å²) in [5.74, 6) is 0.645. The molecule has 1 saturated carbocycles. The summed E-state index contributed by atoms with van der Waals surface area (Å²) in [5, 5.41) is 0.745. The first-order chi connectivity index (χ1) is 8.89. The monoisotopic (exact) mass is 342 g/mol. The number of alkyl halides is 1. The van der Waals surface area contributed by atoms with E-state index >= 15 is 0 Å². The van der Waals surface area contributed by atoms with Crippen molar-refractivity contribution in [1.82, 2.24) is 0 Å². The largest absolute Gasteiger partial charge is 0.293 e. The van der Waals surface area contributed by atoms with Crippen LogP contribution in [0.25, 0.3) is 0 Å². The van der Waals surface area contributed by atoms with Crippen molar-refractivity contribution in [2.45, 2.75) is 56.2 Å². The van der Waals surface area contributed by atoms with Gasteiger partial charge in [-0.15, -0.1) is 0 Å². The van der Waals surface area contributed by atoms with Gasteiger partial charge in [0.1, 0.15) is 0 Å². The summed E-state index contributed by atoms with van der Waals surface area (Å²) in [4.78, 5) is 12.2. The van der Waals surface area contributed by atoms with E-state index in [1.807, 2.05) is 32.0 Å². The molecule has 0 spiro atoms. The molecule has 1 aliphatic rings. The van der Waals surface area contributed by atoms with Crippen molar-refractivity contribution < 1.29 is 4.79 Å². The maximum Gasteiger partial charge on any atom is 0.179 e. The third-order valence-electron chi connectivity index (χ3n) is 3.85. The van der Waals surface area contributed by atoms with Gasteiger partial charge in [-0.3, -0.25) is 4.79 Å². The van der Waals surface area contributed by atoms with Gasteiger partial charge in [0.15, 0.2) is 5.78 Å². The molecule has 0 unspecified atom stereocenters. The van der Waals surface area contributed by atoms with Crippen LogP contribution in [0.1, 0.15) is 67.8 Å². The second-order valence-corrected chi connectivity index (χ2v) is 8.26. The maximum absolute atomic E-state index is 12.2. The zero-order valence-electron chi connectivity index (χ0n) is 11.5. The van der Waals surface area contributed by atoms with E-state index in [4.69, 9.17) is 11.6 Å². The van der Waals surface area contributed by atoms with Crippen molar-refractivity contribution in [3.05, 3.63) is 34.3 Å². The number of hydrogen-bond acceptors (Lipinski definition) is 1. The lowest BCUT2D eigenvalue weighted by molar-refractivity contribution is 0.0961. The number of carbonyl (C=O) groups excluding carboxylic acids is 1. The van der Waals surface area contributed by atoms with E-state index in [0.29, 0.717) is 11.5 Å². The second-order valence-electron chi connectivity index (χ2n) is 5.87. The summed E-state index contributed by atoms with van der Waals surface area (Å²) in [6, 6.07) is 5.79. The summed E-state index contributed by atoms with van der Waals surface area (Å²) in [5.41, 5.74) is 1.90. The van der Waals surface area contributed by atoms with Gasteiger partial charge in [-0.05, 0) is 44.2 Å². The molecule has 1 aromatic carbocycles. The molecule has 0 amide bonds. The standard InChI is InChI=1S/C16H20BrClO/c1-16(2,17)15(19)12-8-9-13(14(18)10-12)11-6-4-3-5-7-11/h8-11H,3-7H2,1-2H3. The quantitative estimate of drug-likeness (QED) is 0.505. The van der Waals surface area contributed by atoms with E-state index in [1.165, 1.54) is 37.7 Å². The molecule has 0 aliphatic heterocycles. The van der Waals surface area contributed by atoms with Gasteiger partial charge in [0.2, 0.25) is 0 Å². The van der Waals surface area contributed by atoms with Crippen molar-refractivity contribution in [2.75, 3.05) is 0 Å². The van der Waals surface area contributed by atoms with Crippen LogP contribution in [-0.4, -0.2) is 10.1 Å². The van der Waals surface area contributed by atoms with E-state index in [1.54, 1.807) is 0 Å². The van der Waals surface area contributed by atoms with Crippen molar-refractivity contribution in [3.8, 4) is 0 Å². The molecular formula is C16H20BrClO. The first-order valence-electron chi connectivity index (χ1n) is 6.93. The van der Waals surface area contributed by atoms with Gasteiger partial charge in [-0.2, -0.15) is 0 Å². The Hall–Kier alpha value is -0.340. The fourth-order valence-corrected chi connectivity index (χ4v) is 3.32. The Kier molecular flexibility index (Phi) is 4.73. The molecule has 1 fully saturated rings. The van der Waals surface area contributed by atoms with Gasteiger partial charge in [0.05, 0.1) is 4.32 Å². The van der Waals surface area contributed by atoms with Crippen LogP contribution in [0.3, 0.4) is 0 Å². The lowest BCUT2D eigenvalue weighted by atomic mass is 9.83. The molecule has 0 atom stereocenters. The minimum Gasteiger partial charge on any atom is -0.293 e. The predicted molar refractivity (Wildman–Crippen MR) is 84.6 cm³/mol. The average molecular weight is 344 g/mol. The minimum atomic E-state index is -0.539. The number of hydrogen-bond donors (Lipinski definition) is 0. The lowest BCUT2D eigenvalue weighted by Gasteiger charge is -2.23. The van der Waals surface area contributed by atoms with Crippen molar-refractivity contribution in [3.63, 3.8) is 0 Å². The molecule has 1 aromatic rings. The smallest absolute Gasteiger partial charge is 0.179 e. The second kappa shape index (κ2) is 5.97. The Bertz CT molecular complexity index is 470. The molecule has 0 radical (unpaired) electrons. The SMILES string of the molecule is CC(C)(Br)C(=O)c1ccc(C2CCCCC2)c(Cl)c1. The molecule has 0 heterocycles. The summed E-state index contributed by atoms with van der Waals surface area (Å²) < 4.78 is -0.539. The van der Waals surface area contributed by atoms with E-state index < -0.39 is 4.32 Å². The van der Waals surface area contributed by atoms with Gasteiger partial charge in [-0.1, -0.05) is 58.9 Å². The van der Waals surface area contributed by atoms with Crippen molar-refractivity contribution in [1.29, 1.82) is 0 Å². The Morgan fingerprint density at radius 3 is 2.42 bits per heavy atom. The molecule has 1 aliphatic carbocycles. The van der Waals surface area contributed by atoms with Crippen LogP contribution in [0, 0.1) is 0 Å². The zero-order chi connectivity index (χ0) is 14.0. The third kappa shape index (κ3) is 3.61. The van der Waals surface area contributed by atoms with Gasteiger partial charge < -0.3 is 0 Å². The van der Waals surface area contributed by atoms with Gasteiger partial charge in [0, 0.05) is 10.6 Å². The van der Waals surface area contributed by atoms with Crippen molar-refractivity contribution in [2.24, 2.45) is 0 Å². The number of ketones is 1. The average Bonchev–Trinajstić information content (AvgIpc) is 2.37. The summed E-state index contributed by atoms with van der Waals surface area (Å²) in [6.45, 7) is 3.72. The fraction of sp³-hybridized carbons (Fsp3) is 0.562. The van der Waals surface area contributed by atoms with Gasteiger partial charge in [-0.25, -0.2) is 0 Å². The molecule has 104 valence electrons. The summed E-state index contributed by atoms with van der Waals surface area (Å²) >= 11 is 9.80. The van der Waals surface area contributed by atoms with E-state index in [9.17, 15) is 4.79 Å². The van der Waals surface area contributed by atoms with Crippen LogP contribution in [0.5, 0.6) is 0 Å². The highest BCUT2D eigenvalue weighted by Gasteiger charge is 2.26. The molecular weight excluding hydrogens is 324 g/mol. The number of Topliss-reactive ketones (excluding diaryl/α,β-unsaturated/α-hetero) is 1. The predicted octanol–water partition coefficient (Wildman–Crippen LogP) is 5.74. The number of halogens is 2. The topological polar surface area (TPSA) is 17.1 Å². The van der Waals surface area contributed by atoms with Crippen LogP contribution in [0.2, 0.25) is 5.02 Å². The Morgan fingerprint density at radius 2 is 1.89 bits per heavy atom. The molecule has 1 nitrogen and oxygen atoms in total. The first kappa shape index (κ1) is 15.1. The van der Waals surface area contributed by atoms with Crippen molar-refractivity contribution >= 4 is 33.3 Å². The lowest BCUT2D eigenvalue weighted by Crippen LogP contribution is -2.24. The Balaban J connectivity index is 2.24. The van der Waals surface area contributed by atoms with Crippen LogP contribution in [-0.2, 0) is 0 Å². The zero-order valence-corrected chi connectivity index (χ0v) is 13.9. The van der Waals surface area contributed by atoms with Gasteiger partial charge in [0.25, 0.3) is 0 Å². The number of rotatable bonds is 3. The molecule has 19 heavy (non-hydrogen) atoms. The molecule has 3 heteroatoms. The van der Waals surface area contributed by atoms with E-state index in [2.05, 4.69) is 15.9 Å². The van der Waals surface area contributed by atoms with Gasteiger partial charge >= 0.3 is 0 Å². The van der Waals surface area contributed by atoms with Crippen LogP contribution < -0.4 is 0 Å². The Morgan fingerprint density at radius 1 is 1.26 bits per heavy atom. The maximum atomic E-state index is 12.2. The molecule has 0 saturated heterocycles. The number of carbonyl (C=O) groups is 1. The Labute approximate surface area is 128 Å². The number of benzene rings is 1. The van der Waals surface area contributed by atoms with E-state index in [-0.39, 0.29) is 5.78 Å². The summed E-state index contributed by atoms with van der Waals surface area (Å²) in [6.07, 6.45) is 6.35. The third-order valence-corrected chi connectivity index (χ3v) is 4.54. The summed E-state index contributed by atoms with van der Waals surface area (Å²) in [7, 11) is 0. The molecule has 0 bridgehead atoms. The fourth-order valence-electron chi connectivity index (χ4n) is 2.76. The normalized spacial score (nSPS) is 17.5. The van der Waals surface area contributed by atoms with E-state index in [0.717, 1.165) is 5.02 Å².